The number of anilines is 1. The smallest absolute Gasteiger partial charge is 0.260 e. The average molecular weight is 333 g/mol. The van der Waals surface area contributed by atoms with E-state index in [1.54, 1.807) is 25.3 Å². The Kier molecular flexibility index (Phi) is 3.75. The van der Waals surface area contributed by atoms with Crippen molar-refractivity contribution in [3.63, 3.8) is 0 Å². The van der Waals surface area contributed by atoms with Crippen molar-refractivity contribution < 1.29 is 9.59 Å². The molecule has 9 heteroatoms. The van der Waals surface area contributed by atoms with Gasteiger partial charge >= 0.3 is 0 Å². The van der Waals surface area contributed by atoms with Gasteiger partial charge in [-0.3, -0.25) is 14.7 Å². The number of aromatic nitrogens is 4. The minimum atomic E-state index is -0.454. The molecule has 0 bridgehead atoms. The molecule has 0 atom stereocenters. The lowest BCUT2D eigenvalue weighted by molar-refractivity contribution is 0.0963. The highest BCUT2D eigenvalue weighted by atomic mass is 35.5. The molecule has 23 heavy (non-hydrogen) atoms. The van der Waals surface area contributed by atoms with E-state index in [2.05, 4.69) is 25.9 Å². The van der Waals surface area contributed by atoms with Crippen LogP contribution in [-0.2, 0) is 0 Å². The molecule has 3 aromatic rings. The number of fused-ring (bicyclic) bond motifs is 1. The molecule has 2 amide bonds. The Bertz CT molecular complexity index is 913. The first-order valence-corrected chi connectivity index (χ1v) is 7.11. The zero-order valence-corrected chi connectivity index (χ0v) is 13.1. The van der Waals surface area contributed by atoms with Crippen molar-refractivity contribution in [1.82, 2.24) is 25.1 Å². The van der Waals surface area contributed by atoms with Crippen molar-refractivity contribution in [2.24, 2.45) is 0 Å². The van der Waals surface area contributed by atoms with Crippen LogP contribution in [0.5, 0.6) is 0 Å². The maximum atomic E-state index is 12.5. The Balaban J connectivity index is 1.98. The summed E-state index contributed by atoms with van der Waals surface area (Å²) in [6.45, 7) is 1.69. The molecule has 0 aliphatic carbocycles. The highest BCUT2D eigenvalue weighted by Gasteiger charge is 2.21. The van der Waals surface area contributed by atoms with Gasteiger partial charge in [0.15, 0.2) is 5.82 Å². The van der Waals surface area contributed by atoms with Gasteiger partial charge < -0.3 is 10.6 Å². The van der Waals surface area contributed by atoms with Gasteiger partial charge in [0.25, 0.3) is 11.8 Å². The van der Waals surface area contributed by atoms with E-state index in [-0.39, 0.29) is 17.3 Å². The van der Waals surface area contributed by atoms with Gasteiger partial charge in [-0.1, -0.05) is 11.6 Å². The molecule has 0 unspecified atom stereocenters. The van der Waals surface area contributed by atoms with Crippen LogP contribution in [0, 0.1) is 6.92 Å². The first kappa shape index (κ1) is 15.0. The van der Waals surface area contributed by atoms with Crippen LogP contribution in [-0.4, -0.2) is 38.7 Å². The molecule has 8 nitrogen and oxygen atoms in total. The summed E-state index contributed by atoms with van der Waals surface area (Å²) < 4.78 is 1.51. The fourth-order valence-electron chi connectivity index (χ4n) is 2.26. The van der Waals surface area contributed by atoms with Crippen molar-refractivity contribution in [1.29, 1.82) is 0 Å². The molecular formula is C14H13ClN6O2. The van der Waals surface area contributed by atoms with Crippen LogP contribution in [0.15, 0.2) is 24.5 Å². The summed E-state index contributed by atoms with van der Waals surface area (Å²) in [5.41, 5.74) is 1.61. The standard InChI is InChI=1S/C14H13ClN6O2/c1-7-10(14(23)16-2)12(20-19-7)18-13(22)8-6-17-21-5-3-4-9(15)11(8)21/h3-6H,1-2H3,(H,16,23)(H2,18,19,20,22). The maximum absolute atomic E-state index is 12.5. The van der Waals surface area contributed by atoms with Crippen LogP contribution in [0.3, 0.4) is 0 Å². The first-order chi connectivity index (χ1) is 11.0. The maximum Gasteiger partial charge on any atom is 0.260 e. The Morgan fingerprint density at radius 3 is 2.87 bits per heavy atom. The average Bonchev–Trinajstić information content (AvgIpc) is 3.11. The summed E-state index contributed by atoms with van der Waals surface area (Å²) >= 11 is 6.13. The van der Waals surface area contributed by atoms with E-state index in [0.717, 1.165) is 0 Å². The van der Waals surface area contributed by atoms with Crippen LogP contribution >= 0.6 is 11.6 Å². The van der Waals surface area contributed by atoms with Crippen molar-refractivity contribution in [3.05, 3.63) is 46.4 Å². The SMILES string of the molecule is CNC(=O)c1c(NC(=O)c2cnn3cccc(Cl)c23)n[nH]c1C. The number of rotatable bonds is 3. The number of halogens is 1. The predicted octanol–water partition coefficient (Wildman–Crippen LogP) is 1.63. The lowest BCUT2D eigenvalue weighted by Gasteiger charge is -2.05. The Labute approximate surface area is 135 Å². The number of hydrogen-bond acceptors (Lipinski definition) is 4. The highest BCUT2D eigenvalue weighted by Crippen LogP contribution is 2.22. The number of aryl methyl sites for hydroxylation is 1. The Morgan fingerprint density at radius 1 is 1.35 bits per heavy atom. The predicted molar refractivity (Wildman–Crippen MR) is 84.9 cm³/mol. The lowest BCUT2D eigenvalue weighted by atomic mass is 10.2. The van der Waals surface area contributed by atoms with E-state index in [1.807, 2.05) is 0 Å². The van der Waals surface area contributed by atoms with Gasteiger partial charge in [0.2, 0.25) is 0 Å². The zero-order valence-electron chi connectivity index (χ0n) is 12.3. The highest BCUT2D eigenvalue weighted by molar-refractivity contribution is 6.35. The first-order valence-electron chi connectivity index (χ1n) is 6.73. The number of aromatic amines is 1. The summed E-state index contributed by atoms with van der Waals surface area (Å²) in [5.74, 6) is -0.646. The fraction of sp³-hybridized carbons (Fsp3) is 0.143. The molecule has 0 aromatic carbocycles. The van der Waals surface area contributed by atoms with E-state index in [4.69, 9.17) is 11.6 Å². The van der Waals surface area contributed by atoms with Crippen LogP contribution < -0.4 is 10.6 Å². The minimum absolute atomic E-state index is 0.151. The van der Waals surface area contributed by atoms with Crippen LogP contribution in [0.2, 0.25) is 5.02 Å². The molecule has 3 aromatic heterocycles. The van der Waals surface area contributed by atoms with E-state index < -0.39 is 5.91 Å². The molecule has 3 N–H and O–H groups in total. The van der Waals surface area contributed by atoms with Crippen LogP contribution in [0.25, 0.3) is 5.52 Å². The number of carbonyl (C=O) groups excluding carboxylic acids is 2. The molecule has 0 saturated heterocycles. The third kappa shape index (κ3) is 2.53. The quantitative estimate of drug-likeness (QED) is 0.678. The summed E-state index contributed by atoms with van der Waals surface area (Å²) in [6.07, 6.45) is 3.10. The zero-order chi connectivity index (χ0) is 16.6. The number of hydrogen-bond donors (Lipinski definition) is 3. The number of H-pyrrole nitrogens is 1. The number of pyridine rings is 1. The second-order valence-electron chi connectivity index (χ2n) is 4.81. The number of amides is 2. The number of nitrogens with one attached hydrogen (secondary N) is 3. The molecule has 0 radical (unpaired) electrons. The molecule has 0 fully saturated rings. The van der Waals surface area contributed by atoms with E-state index in [9.17, 15) is 9.59 Å². The van der Waals surface area contributed by atoms with Gasteiger partial charge in [-0.25, -0.2) is 4.52 Å². The van der Waals surface area contributed by atoms with Crippen LogP contribution in [0.1, 0.15) is 26.4 Å². The van der Waals surface area contributed by atoms with Crippen molar-refractivity contribution in [3.8, 4) is 0 Å². The summed E-state index contributed by atoms with van der Waals surface area (Å²) in [4.78, 5) is 24.4. The molecule has 118 valence electrons. The lowest BCUT2D eigenvalue weighted by Crippen LogP contribution is -2.21. The topological polar surface area (TPSA) is 104 Å². The third-order valence-electron chi connectivity index (χ3n) is 3.37. The van der Waals surface area contributed by atoms with Crippen molar-refractivity contribution >= 4 is 34.7 Å². The molecule has 0 aliphatic rings. The van der Waals surface area contributed by atoms with Crippen LogP contribution in [0.4, 0.5) is 5.82 Å². The molecule has 0 aliphatic heterocycles. The second-order valence-corrected chi connectivity index (χ2v) is 5.22. The molecule has 3 heterocycles. The largest absolute Gasteiger partial charge is 0.355 e. The van der Waals surface area contributed by atoms with Crippen molar-refractivity contribution in [2.75, 3.05) is 12.4 Å². The summed E-state index contributed by atoms with van der Waals surface area (Å²) in [6, 6.07) is 3.40. The number of nitrogens with zero attached hydrogens (tertiary/aromatic N) is 3. The molecular weight excluding hydrogens is 320 g/mol. The minimum Gasteiger partial charge on any atom is -0.355 e. The Hall–Kier alpha value is -2.87. The molecule has 0 spiro atoms. The van der Waals surface area contributed by atoms with Crippen molar-refractivity contribution in [2.45, 2.75) is 6.92 Å². The van der Waals surface area contributed by atoms with Gasteiger partial charge in [-0.15, -0.1) is 0 Å². The monoisotopic (exact) mass is 332 g/mol. The summed E-state index contributed by atoms with van der Waals surface area (Å²) in [5, 5.41) is 16.2. The fourth-order valence-corrected chi connectivity index (χ4v) is 2.53. The third-order valence-corrected chi connectivity index (χ3v) is 3.67. The van der Waals surface area contributed by atoms with Gasteiger partial charge in [-0.05, 0) is 19.1 Å². The normalized spacial score (nSPS) is 10.7. The second kappa shape index (κ2) is 5.73. The Morgan fingerprint density at radius 2 is 2.13 bits per heavy atom. The summed E-state index contributed by atoms with van der Waals surface area (Å²) in [7, 11) is 1.51. The van der Waals surface area contributed by atoms with Gasteiger partial charge in [0.1, 0.15) is 5.56 Å². The molecule has 3 rings (SSSR count). The van der Waals surface area contributed by atoms with E-state index in [0.29, 0.717) is 21.8 Å². The van der Waals surface area contributed by atoms with Gasteiger partial charge in [-0.2, -0.15) is 10.2 Å². The van der Waals surface area contributed by atoms with Gasteiger partial charge in [0.05, 0.1) is 22.3 Å². The van der Waals surface area contributed by atoms with Gasteiger partial charge in [0, 0.05) is 18.9 Å². The number of carbonyl (C=O) groups is 2. The molecule has 0 saturated carbocycles. The van der Waals surface area contributed by atoms with E-state index >= 15 is 0 Å². The van der Waals surface area contributed by atoms with E-state index in [1.165, 1.54) is 17.8 Å².